The molecular weight excluding hydrogens is 212 g/mol. The van der Waals surface area contributed by atoms with Crippen molar-refractivity contribution in [1.82, 2.24) is 9.97 Å². The molecule has 0 aliphatic rings. The van der Waals surface area contributed by atoms with E-state index < -0.39 is 0 Å². The van der Waals surface area contributed by atoms with Crippen molar-refractivity contribution in [2.75, 3.05) is 0 Å². The van der Waals surface area contributed by atoms with Crippen molar-refractivity contribution < 1.29 is 0 Å². The summed E-state index contributed by atoms with van der Waals surface area (Å²) in [5.74, 6) is 0.648. The molecule has 3 heteroatoms. The number of aromatic nitrogens is 2. The lowest BCUT2D eigenvalue weighted by atomic mass is 10.0. The van der Waals surface area contributed by atoms with Crippen LogP contribution in [0.3, 0.4) is 0 Å². The first kappa shape index (κ1) is 11.6. The molecule has 0 amide bonds. The van der Waals surface area contributed by atoms with Gasteiger partial charge in [-0.15, -0.1) is 0 Å². The lowest BCUT2D eigenvalue weighted by Crippen LogP contribution is -2.14. The van der Waals surface area contributed by atoms with Gasteiger partial charge in [0, 0.05) is 11.1 Å². The highest BCUT2D eigenvalue weighted by Gasteiger charge is 2.08. The van der Waals surface area contributed by atoms with Gasteiger partial charge in [0.25, 0.3) is 5.56 Å². The largest absolute Gasteiger partial charge is 0.311 e. The summed E-state index contributed by atoms with van der Waals surface area (Å²) in [6, 6.07) is 6.22. The Bertz CT molecular complexity index is 606. The molecule has 1 heterocycles. The van der Waals surface area contributed by atoms with Gasteiger partial charge in [0.05, 0.1) is 5.69 Å². The van der Waals surface area contributed by atoms with Gasteiger partial charge in [-0.1, -0.05) is 17.2 Å². The number of H-pyrrole nitrogens is 1. The second-order valence-electron chi connectivity index (χ2n) is 4.50. The second kappa shape index (κ2) is 4.17. The molecule has 0 bridgehead atoms. The highest BCUT2D eigenvalue weighted by atomic mass is 16.1. The Morgan fingerprint density at radius 3 is 2.18 bits per heavy atom. The smallest absolute Gasteiger partial charge is 0.254 e. The van der Waals surface area contributed by atoms with E-state index in [1.165, 1.54) is 11.1 Å². The molecule has 0 fully saturated rings. The highest BCUT2D eigenvalue weighted by Crippen LogP contribution is 2.21. The Morgan fingerprint density at radius 2 is 1.59 bits per heavy atom. The minimum absolute atomic E-state index is 0.0633. The summed E-state index contributed by atoms with van der Waals surface area (Å²) in [5.41, 5.74) is 4.75. The molecule has 1 N–H and O–H groups in total. The van der Waals surface area contributed by atoms with E-state index in [4.69, 9.17) is 0 Å². The van der Waals surface area contributed by atoms with Gasteiger partial charge in [-0.2, -0.15) is 0 Å². The maximum Gasteiger partial charge on any atom is 0.254 e. The first-order valence-electron chi connectivity index (χ1n) is 5.63. The minimum atomic E-state index is -0.0633. The third kappa shape index (κ3) is 2.28. The van der Waals surface area contributed by atoms with E-state index in [1.54, 1.807) is 13.8 Å². The van der Waals surface area contributed by atoms with Crippen LogP contribution in [0.5, 0.6) is 0 Å². The topological polar surface area (TPSA) is 45.8 Å². The summed E-state index contributed by atoms with van der Waals surface area (Å²) in [4.78, 5) is 18.8. The van der Waals surface area contributed by atoms with E-state index in [0.717, 1.165) is 11.3 Å². The molecule has 3 nitrogen and oxygen atoms in total. The van der Waals surface area contributed by atoms with Crippen molar-refractivity contribution in [3.05, 3.63) is 51.1 Å². The minimum Gasteiger partial charge on any atom is -0.311 e. The van der Waals surface area contributed by atoms with Crippen LogP contribution in [0, 0.1) is 27.7 Å². The fourth-order valence-corrected chi connectivity index (χ4v) is 2.04. The van der Waals surface area contributed by atoms with Crippen LogP contribution in [0.1, 0.15) is 22.5 Å². The molecule has 0 saturated heterocycles. The Hall–Kier alpha value is -1.90. The fourth-order valence-electron chi connectivity index (χ4n) is 2.04. The Labute approximate surface area is 101 Å². The molecule has 0 atom stereocenters. The average molecular weight is 228 g/mol. The van der Waals surface area contributed by atoms with Crippen molar-refractivity contribution >= 4 is 0 Å². The first-order chi connectivity index (χ1) is 7.97. The van der Waals surface area contributed by atoms with Crippen LogP contribution < -0.4 is 5.56 Å². The standard InChI is InChI=1S/C14H16N2O/c1-8-5-9(2)7-12(6-8)13-10(3)14(17)16-11(4)15-13/h5-7H,1-4H3,(H,15,16,17). The van der Waals surface area contributed by atoms with Gasteiger partial charge in [-0.3, -0.25) is 4.79 Å². The molecule has 0 aliphatic carbocycles. The van der Waals surface area contributed by atoms with Crippen LogP contribution in [0.15, 0.2) is 23.0 Å². The number of hydrogen-bond donors (Lipinski definition) is 1. The molecular formula is C14H16N2O. The predicted molar refractivity (Wildman–Crippen MR) is 69.2 cm³/mol. The van der Waals surface area contributed by atoms with Crippen LogP contribution in [0.4, 0.5) is 0 Å². The number of rotatable bonds is 1. The third-order valence-corrected chi connectivity index (χ3v) is 2.76. The van der Waals surface area contributed by atoms with Gasteiger partial charge >= 0.3 is 0 Å². The molecule has 88 valence electrons. The predicted octanol–water partition coefficient (Wildman–Crippen LogP) is 2.67. The second-order valence-corrected chi connectivity index (χ2v) is 4.50. The van der Waals surface area contributed by atoms with Gasteiger partial charge < -0.3 is 4.98 Å². The summed E-state index contributed by atoms with van der Waals surface area (Å²) in [6.45, 7) is 7.70. The van der Waals surface area contributed by atoms with E-state index in [9.17, 15) is 4.79 Å². The summed E-state index contributed by atoms with van der Waals surface area (Å²) in [6.07, 6.45) is 0. The molecule has 2 aromatic rings. The maximum atomic E-state index is 11.7. The number of hydrogen-bond acceptors (Lipinski definition) is 2. The Kier molecular flexibility index (Phi) is 2.84. The van der Waals surface area contributed by atoms with E-state index in [2.05, 4.69) is 28.2 Å². The van der Waals surface area contributed by atoms with Gasteiger partial charge in [-0.25, -0.2) is 4.98 Å². The third-order valence-electron chi connectivity index (χ3n) is 2.76. The van der Waals surface area contributed by atoms with Crippen LogP contribution in [0.25, 0.3) is 11.3 Å². The van der Waals surface area contributed by atoms with Crippen molar-refractivity contribution in [3.8, 4) is 11.3 Å². The summed E-state index contributed by atoms with van der Waals surface area (Å²) >= 11 is 0. The van der Waals surface area contributed by atoms with E-state index >= 15 is 0 Å². The highest BCUT2D eigenvalue weighted by molar-refractivity contribution is 5.64. The Morgan fingerprint density at radius 1 is 1.00 bits per heavy atom. The summed E-state index contributed by atoms with van der Waals surface area (Å²) < 4.78 is 0. The quantitative estimate of drug-likeness (QED) is 0.815. The monoisotopic (exact) mass is 228 g/mol. The van der Waals surface area contributed by atoms with Crippen molar-refractivity contribution in [1.29, 1.82) is 0 Å². The number of nitrogens with one attached hydrogen (secondary N) is 1. The lowest BCUT2D eigenvalue weighted by molar-refractivity contribution is 0.999. The normalized spacial score (nSPS) is 10.6. The molecule has 0 aliphatic heterocycles. The fraction of sp³-hybridized carbons (Fsp3) is 0.286. The number of aryl methyl sites for hydroxylation is 3. The van der Waals surface area contributed by atoms with Crippen LogP contribution in [0.2, 0.25) is 0 Å². The Balaban J connectivity index is 2.72. The zero-order valence-electron chi connectivity index (χ0n) is 10.6. The lowest BCUT2D eigenvalue weighted by Gasteiger charge is -2.08. The van der Waals surface area contributed by atoms with Gasteiger partial charge in [0.2, 0.25) is 0 Å². The molecule has 1 aromatic heterocycles. The van der Waals surface area contributed by atoms with Gasteiger partial charge in [0.15, 0.2) is 0 Å². The van der Waals surface area contributed by atoms with Gasteiger partial charge in [0.1, 0.15) is 5.82 Å². The zero-order chi connectivity index (χ0) is 12.6. The summed E-state index contributed by atoms with van der Waals surface area (Å²) in [7, 11) is 0. The maximum absolute atomic E-state index is 11.7. The van der Waals surface area contributed by atoms with Crippen molar-refractivity contribution in [2.24, 2.45) is 0 Å². The number of benzene rings is 1. The molecule has 0 saturated carbocycles. The van der Waals surface area contributed by atoms with Crippen molar-refractivity contribution in [3.63, 3.8) is 0 Å². The number of nitrogens with zero attached hydrogens (tertiary/aromatic N) is 1. The van der Waals surface area contributed by atoms with Crippen LogP contribution in [-0.4, -0.2) is 9.97 Å². The SMILES string of the molecule is Cc1cc(C)cc(-c2nc(C)[nH]c(=O)c2C)c1. The van der Waals surface area contributed by atoms with Crippen LogP contribution >= 0.6 is 0 Å². The van der Waals surface area contributed by atoms with Crippen molar-refractivity contribution in [2.45, 2.75) is 27.7 Å². The molecule has 1 aromatic carbocycles. The molecule has 2 rings (SSSR count). The number of aromatic amines is 1. The van der Waals surface area contributed by atoms with E-state index in [-0.39, 0.29) is 5.56 Å². The first-order valence-corrected chi connectivity index (χ1v) is 5.63. The molecule has 0 unspecified atom stereocenters. The van der Waals surface area contributed by atoms with Crippen LogP contribution in [-0.2, 0) is 0 Å². The van der Waals surface area contributed by atoms with E-state index in [1.807, 2.05) is 13.8 Å². The molecule has 0 spiro atoms. The molecule has 17 heavy (non-hydrogen) atoms. The van der Waals surface area contributed by atoms with Gasteiger partial charge in [-0.05, 0) is 39.8 Å². The summed E-state index contributed by atoms with van der Waals surface area (Å²) in [5, 5.41) is 0. The zero-order valence-corrected chi connectivity index (χ0v) is 10.6. The molecule has 0 radical (unpaired) electrons. The average Bonchev–Trinajstić information content (AvgIpc) is 2.22. The van der Waals surface area contributed by atoms with E-state index in [0.29, 0.717) is 11.4 Å².